The Labute approximate surface area is 247 Å². The number of carbonyl (C=O) groups excluding carboxylic acids is 2. The van der Waals surface area contributed by atoms with Crippen molar-refractivity contribution in [1.82, 2.24) is 10.6 Å². The molecule has 0 aromatic carbocycles. The number of hydrogen-bond acceptors (Lipinski definition) is 17. The molecule has 2 aliphatic rings. The number of carbonyl (C=O) groups is 2. The van der Waals surface area contributed by atoms with Crippen LogP contribution in [-0.2, 0) is 28.5 Å². The molecule has 20 heteroatoms. The van der Waals surface area contributed by atoms with Gasteiger partial charge in [0.2, 0.25) is 5.91 Å². The van der Waals surface area contributed by atoms with E-state index in [-0.39, 0.29) is 5.33 Å². The minimum atomic E-state index is -2.25. The van der Waals surface area contributed by atoms with Crippen LogP contribution in [-0.4, -0.2) is 185 Å². The number of alkyl halides is 1. The monoisotopic (exact) mass is 682 g/mol. The molecule has 0 aromatic rings. The second-order valence-corrected chi connectivity index (χ2v) is 10.4. The molecule has 0 spiro atoms. The standard InChI is InChI=1S/C22H39BrN2O17/c1-6(24-10(28)2-23)25-20(38)17(35)14(32)11(29)7(27)4-39-21-19(37)16(34)13(31)9(42-21)5-40-22-18(36)15(33)12(30)8(3-26)41-22/h6-9,11-19,21-22,26-27,29-37H,2-5H2,1H3,(H,24,28)(H,25,38)/t6?,7-,8-,9-,11-,12-,13-,14+,15+,16+,17-,18-,19-,21+,22+/m1/s1. The highest BCUT2D eigenvalue weighted by atomic mass is 79.9. The minimum Gasteiger partial charge on any atom is -0.394 e. The van der Waals surface area contributed by atoms with E-state index < -0.39 is 124 Å². The number of amides is 2. The van der Waals surface area contributed by atoms with Crippen molar-refractivity contribution >= 4 is 27.7 Å². The Morgan fingerprint density at radius 3 is 1.86 bits per heavy atom. The zero-order valence-electron chi connectivity index (χ0n) is 22.2. The molecular weight excluding hydrogens is 644 g/mol. The van der Waals surface area contributed by atoms with Gasteiger partial charge >= 0.3 is 0 Å². The summed E-state index contributed by atoms with van der Waals surface area (Å²) in [7, 11) is 0. The van der Waals surface area contributed by atoms with Gasteiger partial charge in [0.15, 0.2) is 18.7 Å². The molecule has 2 rings (SSSR count). The van der Waals surface area contributed by atoms with Crippen molar-refractivity contribution in [2.75, 3.05) is 25.2 Å². The van der Waals surface area contributed by atoms with Gasteiger partial charge in [-0.05, 0) is 6.92 Å². The zero-order valence-corrected chi connectivity index (χ0v) is 23.8. The third-order valence-electron chi connectivity index (χ3n) is 6.57. The van der Waals surface area contributed by atoms with Crippen LogP contribution in [0.25, 0.3) is 0 Å². The maximum Gasteiger partial charge on any atom is 0.253 e. The Morgan fingerprint density at radius 2 is 1.31 bits per heavy atom. The van der Waals surface area contributed by atoms with E-state index in [1.807, 2.05) is 0 Å². The Morgan fingerprint density at radius 1 is 0.786 bits per heavy atom. The molecule has 1 unspecified atom stereocenters. The average molecular weight is 683 g/mol. The van der Waals surface area contributed by atoms with Crippen molar-refractivity contribution in [2.45, 2.75) is 98.9 Å². The molecule has 246 valence electrons. The van der Waals surface area contributed by atoms with E-state index in [2.05, 4.69) is 26.6 Å². The van der Waals surface area contributed by atoms with Gasteiger partial charge in [-0.1, -0.05) is 15.9 Å². The number of aliphatic hydroxyl groups excluding tert-OH is 11. The predicted octanol–water partition coefficient (Wildman–Crippen LogP) is -7.96. The molecule has 15 atom stereocenters. The fourth-order valence-electron chi connectivity index (χ4n) is 4.06. The lowest BCUT2D eigenvalue weighted by Gasteiger charge is -2.42. The summed E-state index contributed by atoms with van der Waals surface area (Å²) in [6, 6.07) is 0. The lowest BCUT2D eigenvalue weighted by Crippen LogP contribution is -2.62. The molecule has 0 aromatic heterocycles. The van der Waals surface area contributed by atoms with E-state index in [9.17, 15) is 65.8 Å². The molecule has 19 nitrogen and oxygen atoms in total. The van der Waals surface area contributed by atoms with Gasteiger partial charge in [0.05, 0.1) is 31.3 Å². The van der Waals surface area contributed by atoms with E-state index in [0.29, 0.717) is 0 Å². The lowest BCUT2D eigenvalue weighted by atomic mass is 9.98. The van der Waals surface area contributed by atoms with E-state index in [4.69, 9.17) is 18.9 Å². The minimum absolute atomic E-state index is 0.0648. The Kier molecular flexibility index (Phi) is 14.8. The second kappa shape index (κ2) is 16.8. The summed E-state index contributed by atoms with van der Waals surface area (Å²) in [5.74, 6) is -1.68. The fourth-order valence-corrected chi connectivity index (χ4v) is 4.23. The smallest absolute Gasteiger partial charge is 0.253 e. The quantitative estimate of drug-likeness (QED) is 0.0597. The van der Waals surface area contributed by atoms with Crippen LogP contribution >= 0.6 is 15.9 Å². The van der Waals surface area contributed by atoms with Crippen LogP contribution in [0.2, 0.25) is 0 Å². The van der Waals surface area contributed by atoms with Crippen molar-refractivity contribution in [3.8, 4) is 0 Å². The third-order valence-corrected chi connectivity index (χ3v) is 7.08. The molecule has 2 amide bonds. The first-order valence-corrected chi connectivity index (χ1v) is 13.9. The maximum absolute atomic E-state index is 12.1. The first kappa shape index (κ1) is 37.0. The highest BCUT2D eigenvalue weighted by Crippen LogP contribution is 2.26. The number of rotatable bonds is 14. The van der Waals surface area contributed by atoms with Gasteiger partial charge < -0.3 is 85.8 Å². The van der Waals surface area contributed by atoms with Gasteiger partial charge in [0, 0.05) is 0 Å². The summed E-state index contributed by atoms with van der Waals surface area (Å²) < 4.78 is 21.0. The average Bonchev–Trinajstić information content (AvgIpc) is 2.96. The number of nitrogens with one attached hydrogen (secondary N) is 2. The summed E-state index contributed by atoms with van der Waals surface area (Å²) in [6.07, 6.45) is -26.5. The molecule has 0 bridgehead atoms. The predicted molar refractivity (Wildman–Crippen MR) is 136 cm³/mol. The van der Waals surface area contributed by atoms with E-state index >= 15 is 0 Å². The molecule has 0 radical (unpaired) electrons. The van der Waals surface area contributed by atoms with Gasteiger partial charge in [-0.2, -0.15) is 0 Å². The Hall–Kier alpha value is -1.18. The van der Waals surface area contributed by atoms with E-state index in [1.165, 1.54) is 6.92 Å². The number of halogens is 1. The molecule has 0 aliphatic carbocycles. The molecule has 0 saturated carbocycles. The highest BCUT2D eigenvalue weighted by Gasteiger charge is 2.48. The van der Waals surface area contributed by atoms with Gasteiger partial charge in [-0.3, -0.25) is 9.59 Å². The first-order valence-electron chi connectivity index (χ1n) is 12.8. The third kappa shape index (κ3) is 9.41. The van der Waals surface area contributed by atoms with Crippen molar-refractivity contribution in [2.24, 2.45) is 0 Å². The maximum atomic E-state index is 12.1. The number of ether oxygens (including phenoxy) is 4. The van der Waals surface area contributed by atoms with Crippen LogP contribution in [0.5, 0.6) is 0 Å². The first-order chi connectivity index (χ1) is 19.6. The largest absolute Gasteiger partial charge is 0.394 e. The van der Waals surface area contributed by atoms with Crippen LogP contribution in [0.4, 0.5) is 0 Å². The van der Waals surface area contributed by atoms with E-state index in [0.717, 1.165) is 0 Å². The van der Waals surface area contributed by atoms with Gasteiger partial charge in [0.25, 0.3) is 5.91 Å². The van der Waals surface area contributed by atoms with Gasteiger partial charge in [0.1, 0.15) is 67.1 Å². The molecule has 2 saturated heterocycles. The van der Waals surface area contributed by atoms with Gasteiger partial charge in [-0.15, -0.1) is 0 Å². The molecule has 2 fully saturated rings. The van der Waals surface area contributed by atoms with Crippen LogP contribution in [0.1, 0.15) is 6.92 Å². The van der Waals surface area contributed by atoms with E-state index in [1.54, 1.807) is 0 Å². The molecule has 2 aliphatic heterocycles. The number of hydrogen-bond donors (Lipinski definition) is 13. The topological polar surface area (TPSA) is 318 Å². The highest BCUT2D eigenvalue weighted by molar-refractivity contribution is 9.09. The Balaban J connectivity index is 1.92. The normalized spacial score (nSPS) is 37.3. The second-order valence-electron chi connectivity index (χ2n) is 9.80. The van der Waals surface area contributed by atoms with Crippen LogP contribution in [0.3, 0.4) is 0 Å². The summed E-state index contributed by atoms with van der Waals surface area (Å²) in [4.78, 5) is 23.5. The Bertz CT molecular complexity index is 860. The van der Waals surface area contributed by atoms with Crippen molar-refractivity contribution in [3.63, 3.8) is 0 Å². The van der Waals surface area contributed by atoms with Crippen LogP contribution in [0.15, 0.2) is 0 Å². The van der Waals surface area contributed by atoms with Gasteiger partial charge in [-0.25, -0.2) is 0 Å². The van der Waals surface area contributed by atoms with Crippen molar-refractivity contribution < 1.29 is 84.7 Å². The van der Waals surface area contributed by atoms with Crippen LogP contribution < -0.4 is 10.6 Å². The number of aliphatic hydroxyl groups is 11. The molecule has 2 heterocycles. The SMILES string of the molecule is CC(NC(=O)CBr)NC(=O)[C@H](O)[C@@H](O)[C@H](O)[C@H](O)CO[C@H]1O[C@H](CO[C@H]2O[C@H](CO)[C@@H](O)[C@H](O)[C@H]2O)[C@@H](O)[C@H](O)[C@H]1O. The molecule has 42 heavy (non-hydrogen) atoms. The lowest BCUT2D eigenvalue weighted by molar-refractivity contribution is -0.333. The zero-order chi connectivity index (χ0) is 31.9. The summed E-state index contributed by atoms with van der Waals surface area (Å²) in [6.45, 7) is -0.907. The summed E-state index contributed by atoms with van der Waals surface area (Å²) >= 11 is 2.91. The molecule has 13 N–H and O–H groups in total. The van der Waals surface area contributed by atoms with Crippen molar-refractivity contribution in [1.29, 1.82) is 0 Å². The fraction of sp³-hybridized carbons (Fsp3) is 0.909. The van der Waals surface area contributed by atoms with Crippen molar-refractivity contribution in [3.05, 3.63) is 0 Å². The molecular formula is C22H39BrN2O17. The van der Waals surface area contributed by atoms with Crippen LogP contribution in [0, 0.1) is 0 Å². The summed E-state index contributed by atoms with van der Waals surface area (Å²) in [5.41, 5.74) is 0. The summed E-state index contributed by atoms with van der Waals surface area (Å²) in [5, 5.41) is 115.